The Morgan fingerprint density at radius 3 is 3.00 bits per heavy atom. The summed E-state index contributed by atoms with van der Waals surface area (Å²) < 4.78 is 1.78. The molecule has 0 unspecified atom stereocenters. The number of nitrogens with zero attached hydrogens (tertiary/aromatic N) is 3. The first kappa shape index (κ1) is 12.1. The summed E-state index contributed by atoms with van der Waals surface area (Å²) in [4.78, 5) is 0.621. The summed E-state index contributed by atoms with van der Waals surface area (Å²) >= 11 is 1.46. The molecule has 0 amide bonds. The molecule has 3 N–H and O–H groups in total. The van der Waals surface area contributed by atoms with Gasteiger partial charge in [-0.15, -0.1) is 11.3 Å². The summed E-state index contributed by atoms with van der Waals surface area (Å²) in [7, 11) is 1.90. The average Bonchev–Trinajstić information content (AvgIpc) is 3.06. The van der Waals surface area contributed by atoms with Crippen LogP contribution in [-0.2, 0) is 13.6 Å². The van der Waals surface area contributed by atoms with E-state index in [1.165, 1.54) is 24.2 Å². The summed E-state index contributed by atoms with van der Waals surface area (Å²) in [6, 6.07) is 2.18. The Morgan fingerprint density at radius 1 is 1.63 bits per heavy atom. The number of rotatable bonds is 4. The third kappa shape index (κ3) is 2.29. The van der Waals surface area contributed by atoms with Gasteiger partial charge in [-0.3, -0.25) is 4.68 Å². The highest BCUT2D eigenvalue weighted by Crippen LogP contribution is 2.50. The van der Waals surface area contributed by atoms with Gasteiger partial charge in [0.15, 0.2) is 0 Å². The van der Waals surface area contributed by atoms with Gasteiger partial charge in [-0.1, -0.05) is 0 Å². The molecule has 2 heterocycles. The first-order chi connectivity index (χ1) is 9.19. The molecule has 0 aromatic carbocycles. The van der Waals surface area contributed by atoms with Crippen LogP contribution in [0.3, 0.4) is 0 Å². The van der Waals surface area contributed by atoms with Crippen LogP contribution in [-0.4, -0.2) is 9.78 Å². The lowest BCUT2D eigenvalue weighted by molar-refractivity contribution is 0.767. The molecule has 6 heteroatoms. The maximum absolute atomic E-state index is 9.09. The highest BCUT2D eigenvalue weighted by Gasteiger charge is 2.31. The van der Waals surface area contributed by atoms with Crippen molar-refractivity contribution in [2.75, 3.05) is 11.1 Å². The lowest BCUT2D eigenvalue weighted by atomic mass is 10.1. The second-order valence-corrected chi connectivity index (χ2v) is 5.87. The van der Waals surface area contributed by atoms with Gasteiger partial charge >= 0.3 is 0 Å². The summed E-state index contributed by atoms with van der Waals surface area (Å²) in [5, 5.41) is 17.7. The van der Waals surface area contributed by atoms with Crippen molar-refractivity contribution in [3.8, 4) is 6.07 Å². The molecular formula is C13H15N5S. The number of hydrogen-bond donors (Lipinski definition) is 2. The summed E-state index contributed by atoms with van der Waals surface area (Å²) in [6.45, 7) is 0.707. The number of nitrogens with one attached hydrogen (secondary N) is 1. The zero-order valence-corrected chi connectivity index (χ0v) is 11.5. The Kier molecular flexibility index (Phi) is 2.91. The van der Waals surface area contributed by atoms with Gasteiger partial charge in [0.25, 0.3) is 0 Å². The zero-order valence-electron chi connectivity index (χ0n) is 10.7. The highest BCUT2D eigenvalue weighted by atomic mass is 32.1. The molecule has 0 spiro atoms. The van der Waals surface area contributed by atoms with Crippen LogP contribution in [0.1, 0.15) is 34.8 Å². The normalized spacial score (nSPS) is 14.3. The summed E-state index contributed by atoms with van der Waals surface area (Å²) in [5.74, 6) is 0.537. The zero-order chi connectivity index (χ0) is 13.4. The van der Waals surface area contributed by atoms with Crippen molar-refractivity contribution in [1.82, 2.24) is 9.78 Å². The standard InChI is InChI=1S/C13H15N5S/c1-18-7-8(6-17-18)5-16-13-11(9-2-3-9)12(15)10(4-14)19-13/h6-7,9,16H,2-3,5,15H2,1H3. The van der Waals surface area contributed by atoms with Gasteiger partial charge in [0.2, 0.25) is 0 Å². The fourth-order valence-corrected chi connectivity index (χ4v) is 3.19. The second-order valence-electron chi connectivity index (χ2n) is 4.85. The fourth-order valence-electron chi connectivity index (χ4n) is 2.19. The van der Waals surface area contributed by atoms with Crippen molar-refractivity contribution in [1.29, 1.82) is 5.26 Å². The SMILES string of the molecule is Cn1cc(CNc2sc(C#N)c(N)c2C2CC2)cn1. The van der Waals surface area contributed by atoms with Crippen LogP contribution in [0, 0.1) is 11.3 Å². The van der Waals surface area contributed by atoms with E-state index in [2.05, 4.69) is 16.5 Å². The van der Waals surface area contributed by atoms with Crippen molar-refractivity contribution in [2.45, 2.75) is 25.3 Å². The van der Waals surface area contributed by atoms with E-state index in [4.69, 9.17) is 11.0 Å². The van der Waals surface area contributed by atoms with E-state index in [1.807, 2.05) is 19.4 Å². The Bertz CT molecular complexity index is 645. The van der Waals surface area contributed by atoms with Crippen molar-refractivity contribution in [3.63, 3.8) is 0 Å². The van der Waals surface area contributed by atoms with Crippen molar-refractivity contribution < 1.29 is 0 Å². The van der Waals surface area contributed by atoms with E-state index in [1.54, 1.807) is 4.68 Å². The van der Waals surface area contributed by atoms with E-state index < -0.39 is 0 Å². The molecule has 1 saturated carbocycles. The first-order valence-electron chi connectivity index (χ1n) is 6.22. The van der Waals surface area contributed by atoms with Crippen LogP contribution in [0.5, 0.6) is 0 Å². The number of nitrogen functional groups attached to an aromatic ring is 1. The molecule has 98 valence electrons. The highest BCUT2D eigenvalue weighted by molar-refractivity contribution is 7.17. The third-order valence-electron chi connectivity index (χ3n) is 3.28. The first-order valence-corrected chi connectivity index (χ1v) is 7.04. The maximum atomic E-state index is 9.09. The third-order valence-corrected chi connectivity index (χ3v) is 4.37. The van der Waals surface area contributed by atoms with Crippen molar-refractivity contribution >= 4 is 22.0 Å². The summed E-state index contributed by atoms with van der Waals surface area (Å²) in [6.07, 6.45) is 6.17. The number of nitriles is 1. The number of thiophene rings is 1. The van der Waals surface area contributed by atoms with Crippen LogP contribution in [0.15, 0.2) is 12.4 Å². The minimum Gasteiger partial charge on any atom is -0.397 e. The van der Waals surface area contributed by atoms with E-state index in [0.29, 0.717) is 23.0 Å². The van der Waals surface area contributed by atoms with Crippen LogP contribution < -0.4 is 11.1 Å². The minimum absolute atomic E-state index is 0.537. The van der Waals surface area contributed by atoms with Gasteiger partial charge in [-0.25, -0.2) is 0 Å². The monoisotopic (exact) mass is 273 g/mol. The molecule has 5 nitrogen and oxygen atoms in total. The molecule has 0 aliphatic heterocycles. The van der Waals surface area contributed by atoms with Gasteiger partial charge in [0.1, 0.15) is 10.9 Å². The predicted molar refractivity (Wildman–Crippen MR) is 76.0 cm³/mol. The van der Waals surface area contributed by atoms with E-state index in [9.17, 15) is 0 Å². The quantitative estimate of drug-likeness (QED) is 0.896. The number of aryl methyl sites for hydroxylation is 1. The van der Waals surface area contributed by atoms with Gasteiger partial charge in [0, 0.05) is 30.9 Å². The van der Waals surface area contributed by atoms with E-state index in [0.717, 1.165) is 16.1 Å². The lowest BCUT2D eigenvalue weighted by Gasteiger charge is -2.05. The molecule has 1 aliphatic rings. The molecule has 0 bridgehead atoms. The molecule has 0 radical (unpaired) electrons. The average molecular weight is 273 g/mol. The molecule has 0 atom stereocenters. The largest absolute Gasteiger partial charge is 0.397 e. The molecular weight excluding hydrogens is 258 g/mol. The predicted octanol–water partition coefficient (Wildman–Crippen LogP) is 2.42. The molecule has 2 aromatic rings. The van der Waals surface area contributed by atoms with E-state index >= 15 is 0 Å². The van der Waals surface area contributed by atoms with Crippen LogP contribution >= 0.6 is 11.3 Å². The van der Waals surface area contributed by atoms with Gasteiger partial charge < -0.3 is 11.1 Å². The Labute approximate surface area is 115 Å². The van der Waals surface area contributed by atoms with Crippen molar-refractivity contribution in [2.24, 2.45) is 7.05 Å². The lowest BCUT2D eigenvalue weighted by Crippen LogP contribution is -2.00. The van der Waals surface area contributed by atoms with Gasteiger partial charge in [0.05, 0.1) is 16.9 Å². The van der Waals surface area contributed by atoms with E-state index in [-0.39, 0.29) is 0 Å². The van der Waals surface area contributed by atoms with Crippen LogP contribution in [0.4, 0.5) is 10.7 Å². The van der Waals surface area contributed by atoms with Gasteiger partial charge in [-0.2, -0.15) is 10.4 Å². The molecule has 1 aliphatic carbocycles. The minimum atomic E-state index is 0.537. The smallest absolute Gasteiger partial charge is 0.130 e. The number of nitrogens with two attached hydrogens (primary N) is 1. The van der Waals surface area contributed by atoms with Gasteiger partial charge in [-0.05, 0) is 18.8 Å². The molecule has 19 heavy (non-hydrogen) atoms. The molecule has 2 aromatic heterocycles. The van der Waals surface area contributed by atoms with Crippen LogP contribution in [0.25, 0.3) is 0 Å². The van der Waals surface area contributed by atoms with Crippen molar-refractivity contribution in [3.05, 3.63) is 28.4 Å². The fraction of sp³-hybridized carbons (Fsp3) is 0.385. The number of anilines is 2. The van der Waals surface area contributed by atoms with Crippen LogP contribution in [0.2, 0.25) is 0 Å². The molecule has 1 fully saturated rings. The summed E-state index contributed by atoms with van der Waals surface area (Å²) in [5.41, 5.74) is 8.99. The second kappa shape index (κ2) is 4.59. The Hall–Kier alpha value is -2.00. The topological polar surface area (TPSA) is 79.7 Å². The molecule has 0 saturated heterocycles. The number of aromatic nitrogens is 2. The Balaban J connectivity index is 1.82. The number of hydrogen-bond acceptors (Lipinski definition) is 5. The maximum Gasteiger partial charge on any atom is 0.130 e. The molecule has 3 rings (SSSR count). The Morgan fingerprint density at radius 2 is 2.42 bits per heavy atom.